The van der Waals surface area contributed by atoms with Crippen LogP contribution < -0.4 is 20.1 Å². The van der Waals surface area contributed by atoms with Crippen LogP contribution in [0.4, 0.5) is 16.2 Å². The highest BCUT2D eigenvalue weighted by Gasteiger charge is 2.17. The Kier molecular flexibility index (Phi) is 5.91. The lowest BCUT2D eigenvalue weighted by Gasteiger charge is -2.21. The highest BCUT2D eigenvalue weighted by atomic mass is 16.5. The molecule has 0 atom stereocenters. The summed E-state index contributed by atoms with van der Waals surface area (Å²) in [4.78, 5) is 12.3. The number of anilines is 2. The molecule has 0 radical (unpaired) electrons. The molecular weight excluding hydrogens is 316 g/mol. The van der Waals surface area contributed by atoms with Gasteiger partial charge in [-0.1, -0.05) is 26.8 Å². The van der Waals surface area contributed by atoms with E-state index < -0.39 is 0 Å². The monoisotopic (exact) mass is 342 g/mol. The molecule has 2 aromatic rings. The lowest BCUT2D eigenvalue weighted by atomic mass is 9.87. The van der Waals surface area contributed by atoms with E-state index in [-0.39, 0.29) is 11.4 Å². The van der Waals surface area contributed by atoms with Crippen molar-refractivity contribution in [3.8, 4) is 11.5 Å². The highest BCUT2D eigenvalue weighted by Crippen LogP contribution is 2.31. The quantitative estimate of drug-likeness (QED) is 0.800. The van der Waals surface area contributed by atoms with Gasteiger partial charge in [-0.25, -0.2) is 4.79 Å². The normalized spacial score (nSPS) is 10.9. The first-order valence-electron chi connectivity index (χ1n) is 8.33. The molecule has 5 heteroatoms. The Labute approximate surface area is 149 Å². The van der Waals surface area contributed by atoms with E-state index in [9.17, 15) is 4.79 Å². The second kappa shape index (κ2) is 7.92. The average Bonchev–Trinajstić information content (AvgIpc) is 2.56. The van der Waals surface area contributed by atoms with Gasteiger partial charge in [-0.05, 0) is 54.3 Å². The Bertz CT molecular complexity index is 719. The van der Waals surface area contributed by atoms with Crippen molar-refractivity contribution in [2.45, 2.75) is 33.1 Å². The summed E-state index contributed by atoms with van der Waals surface area (Å²) in [5.74, 6) is 1.39. The molecule has 0 aliphatic carbocycles. The minimum absolute atomic E-state index is 0.0196. The summed E-state index contributed by atoms with van der Waals surface area (Å²) < 4.78 is 10.7. The molecule has 2 rings (SSSR count). The number of rotatable bonds is 5. The van der Waals surface area contributed by atoms with E-state index in [1.807, 2.05) is 37.3 Å². The van der Waals surface area contributed by atoms with Gasteiger partial charge in [-0.3, -0.25) is 0 Å². The molecule has 2 amide bonds. The molecule has 2 aromatic carbocycles. The minimum Gasteiger partial charge on any atom is -0.495 e. The van der Waals surface area contributed by atoms with E-state index >= 15 is 0 Å². The molecule has 0 aliphatic heterocycles. The van der Waals surface area contributed by atoms with Gasteiger partial charge < -0.3 is 20.1 Å². The molecule has 0 fully saturated rings. The number of urea groups is 1. The molecule has 0 spiro atoms. The number of hydrogen-bond donors (Lipinski definition) is 2. The van der Waals surface area contributed by atoms with Crippen LogP contribution in [0, 0.1) is 0 Å². The SMILES string of the molecule is CCOc1ccc(NC(=O)Nc2cc(C(C)(C)C)ccc2OC)cc1. The second-order valence-electron chi connectivity index (χ2n) is 6.70. The maximum absolute atomic E-state index is 12.3. The van der Waals surface area contributed by atoms with E-state index in [0.717, 1.165) is 11.3 Å². The van der Waals surface area contributed by atoms with Crippen molar-refractivity contribution >= 4 is 17.4 Å². The van der Waals surface area contributed by atoms with Crippen LogP contribution in [0.15, 0.2) is 42.5 Å². The van der Waals surface area contributed by atoms with Crippen LogP contribution in [0.25, 0.3) is 0 Å². The zero-order valence-corrected chi connectivity index (χ0v) is 15.5. The lowest BCUT2D eigenvalue weighted by Crippen LogP contribution is -2.20. The van der Waals surface area contributed by atoms with Gasteiger partial charge in [0.2, 0.25) is 0 Å². The molecule has 0 saturated carbocycles. The van der Waals surface area contributed by atoms with Crippen molar-refractivity contribution < 1.29 is 14.3 Å². The number of amides is 2. The average molecular weight is 342 g/mol. The summed E-state index contributed by atoms with van der Waals surface area (Å²) in [6.45, 7) is 8.91. The summed E-state index contributed by atoms with van der Waals surface area (Å²) in [6, 6.07) is 12.7. The van der Waals surface area contributed by atoms with Gasteiger partial charge in [0.05, 0.1) is 19.4 Å². The summed E-state index contributed by atoms with van der Waals surface area (Å²) >= 11 is 0. The summed E-state index contributed by atoms with van der Waals surface area (Å²) in [5, 5.41) is 5.66. The smallest absolute Gasteiger partial charge is 0.323 e. The van der Waals surface area contributed by atoms with Gasteiger partial charge >= 0.3 is 6.03 Å². The molecule has 2 N–H and O–H groups in total. The van der Waals surface area contributed by atoms with Crippen molar-refractivity contribution in [2.75, 3.05) is 24.4 Å². The highest BCUT2D eigenvalue weighted by molar-refractivity contribution is 6.00. The molecule has 0 aliphatic rings. The third kappa shape index (κ3) is 5.14. The molecule has 134 valence electrons. The molecule has 0 aromatic heterocycles. The van der Waals surface area contributed by atoms with E-state index in [4.69, 9.17) is 9.47 Å². The van der Waals surface area contributed by atoms with Crippen LogP contribution in [0.2, 0.25) is 0 Å². The Morgan fingerprint density at radius 2 is 1.72 bits per heavy atom. The van der Waals surface area contributed by atoms with Gasteiger partial charge in [0, 0.05) is 5.69 Å². The minimum atomic E-state index is -0.325. The third-order valence-corrected chi connectivity index (χ3v) is 3.74. The maximum Gasteiger partial charge on any atom is 0.323 e. The number of ether oxygens (including phenoxy) is 2. The van der Waals surface area contributed by atoms with Crippen LogP contribution in [-0.2, 0) is 5.41 Å². The first kappa shape index (κ1) is 18.6. The van der Waals surface area contributed by atoms with Gasteiger partial charge in [0.1, 0.15) is 11.5 Å². The molecule has 0 saturated heterocycles. The number of carbonyl (C=O) groups is 1. The predicted octanol–water partition coefficient (Wildman–Crippen LogP) is 5.04. The van der Waals surface area contributed by atoms with Crippen LogP contribution >= 0.6 is 0 Å². The third-order valence-electron chi connectivity index (χ3n) is 3.74. The molecular formula is C20H26N2O3. The molecule has 5 nitrogen and oxygen atoms in total. The van der Waals surface area contributed by atoms with Crippen LogP contribution in [0.3, 0.4) is 0 Å². The Balaban J connectivity index is 2.11. The molecule has 0 unspecified atom stereocenters. The number of nitrogens with one attached hydrogen (secondary N) is 2. The van der Waals surface area contributed by atoms with Gasteiger partial charge in [0.25, 0.3) is 0 Å². The first-order valence-corrected chi connectivity index (χ1v) is 8.33. The van der Waals surface area contributed by atoms with E-state index in [0.29, 0.717) is 23.7 Å². The Hall–Kier alpha value is -2.69. The summed E-state index contributed by atoms with van der Waals surface area (Å²) in [5.41, 5.74) is 2.42. The van der Waals surface area contributed by atoms with Crippen molar-refractivity contribution in [3.05, 3.63) is 48.0 Å². The number of hydrogen-bond acceptors (Lipinski definition) is 3. The fourth-order valence-corrected chi connectivity index (χ4v) is 2.36. The van der Waals surface area contributed by atoms with Crippen LogP contribution in [-0.4, -0.2) is 19.7 Å². The largest absolute Gasteiger partial charge is 0.495 e. The predicted molar refractivity (Wildman–Crippen MR) is 102 cm³/mol. The number of carbonyl (C=O) groups excluding carboxylic acids is 1. The first-order chi connectivity index (χ1) is 11.8. The number of benzene rings is 2. The van der Waals surface area contributed by atoms with Gasteiger partial charge in [0.15, 0.2) is 0 Å². The van der Waals surface area contributed by atoms with Crippen molar-refractivity contribution in [1.82, 2.24) is 0 Å². The molecule has 25 heavy (non-hydrogen) atoms. The van der Waals surface area contributed by atoms with Crippen molar-refractivity contribution in [3.63, 3.8) is 0 Å². The fraction of sp³-hybridized carbons (Fsp3) is 0.350. The fourth-order valence-electron chi connectivity index (χ4n) is 2.36. The zero-order valence-electron chi connectivity index (χ0n) is 15.5. The topological polar surface area (TPSA) is 59.6 Å². The summed E-state index contributed by atoms with van der Waals surface area (Å²) in [6.07, 6.45) is 0. The standard InChI is InChI=1S/C20H26N2O3/c1-6-25-16-10-8-15(9-11-16)21-19(23)22-17-13-14(20(2,3)4)7-12-18(17)24-5/h7-13H,6H2,1-5H3,(H2,21,22,23). The zero-order chi connectivity index (χ0) is 18.4. The lowest BCUT2D eigenvalue weighted by molar-refractivity contribution is 0.262. The Morgan fingerprint density at radius 1 is 1.04 bits per heavy atom. The van der Waals surface area contributed by atoms with E-state index in [1.165, 1.54) is 0 Å². The van der Waals surface area contributed by atoms with Gasteiger partial charge in [-0.2, -0.15) is 0 Å². The molecule has 0 heterocycles. The van der Waals surface area contributed by atoms with Crippen molar-refractivity contribution in [1.29, 1.82) is 0 Å². The van der Waals surface area contributed by atoms with Crippen LogP contribution in [0.1, 0.15) is 33.3 Å². The summed E-state index contributed by atoms with van der Waals surface area (Å²) in [7, 11) is 1.58. The maximum atomic E-state index is 12.3. The molecule has 0 bridgehead atoms. The van der Waals surface area contributed by atoms with Crippen molar-refractivity contribution in [2.24, 2.45) is 0 Å². The van der Waals surface area contributed by atoms with Crippen LogP contribution in [0.5, 0.6) is 11.5 Å². The Morgan fingerprint density at radius 3 is 2.28 bits per heavy atom. The van der Waals surface area contributed by atoms with Gasteiger partial charge in [-0.15, -0.1) is 0 Å². The van der Waals surface area contributed by atoms with E-state index in [1.54, 1.807) is 19.2 Å². The van der Waals surface area contributed by atoms with E-state index in [2.05, 4.69) is 31.4 Å². The second-order valence-corrected chi connectivity index (χ2v) is 6.70. The number of methoxy groups -OCH3 is 1.